The lowest BCUT2D eigenvalue weighted by atomic mass is 10.0. The molecular weight excluding hydrogens is 512 g/mol. The van der Waals surface area contributed by atoms with E-state index in [9.17, 15) is 23.4 Å². The number of para-hydroxylation sites is 2. The van der Waals surface area contributed by atoms with Crippen LogP contribution in [-0.4, -0.2) is 57.2 Å². The fraction of sp³-hybridized carbons (Fsp3) is 0.222. The number of nitrogens with zero attached hydrogens (tertiary/aromatic N) is 1. The number of aliphatic hydroxyl groups excluding tert-OH is 1. The van der Waals surface area contributed by atoms with Crippen molar-refractivity contribution in [1.82, 2.24) is 0 Å². The first kappa shape index (κ1) is 26.5. The summed E-state index contributed by atoms with van der Waals surface area (Å²) in [7, 11) is -3.47. The first-order valence-corrected chi connectivity index (χ1v) is 14.3. The minimum atomic E-state index is -3.47. The molecule has 0 spiro atoms. The van der Waals surface area contributed by atoms with Gasteiger partial charge in [0.15, 0.2) is 0 Å². The summed E-state index contributed by atoms with van der Waals surface area (Å²) in [5.74, 6) is -0.242. The Balaban J connectivity index is 1.54. The lowest BCUT2D eigenvalue weighted by Gasteiger charge is -2.26. The average Bonchev–Trinajstić information content (AvgIpc) is 3.20. The van der Waals surface area contributed by atoms with Crippen molar-refractivity contribution >= 4 is 48.8 Å². The van der Waals surface area contributed by atoms with Crippen LogP contribution in [0.15, 0.2) is 72.8 Å². The maximum Gasteiger partial charge on any atom is 0.307 e. The Morgan fingerprint density at radius 3 is 2.46 bits per heavy atom. The van der Waals surface area contributed by atoms with Crippen LogP contribution in [-0.2, 0) is 21.2 Å². The van der Waals surface area contributed by atoms with Gasteiger partial charge in [-0.25, -0.2) is 8.42 Å². The van der Waals surface area contributed by atoms with Gasteiger partial charge in [-0.3, -0.25) is 9.52 Å². The second-order valence-electron chi connectivity index (χ2n) is 8.45. The zero-order valence-electron chi connectivity index (χ0n) is 20.3. The lowest BCUT2D eigenvalue weighted by Crippen LogP contribution is -2.32. The van der Waals surface area contributed by atoms with Crippen LogP contribution < -0.4 is 14.4 Å². The molecule has 1 aromatic heterocycles. The van der Waals surface area contributed by atoms with Gasteiger partial charge in [-0.2, -0.15) is 0 Å². The van der Waals surface area contributed by atoms with Gasteiger partial charge < -0.3 is 19.8 Å². The van der Waals surface area contributed by atoms with Crippen molar-refractivity contribution in [2.24, 2.45) is 0 Å². The van der Waals surface area contributed by atoms with Crippen molar-refractivity contribution in [3.05, 3.63) is 78.4 Å². The van der Waals surface area contributed by atoms with Gasteiger partial charge in [0.25, 0.3) is 0 Å². The third kappa shape index (κ3) is 6.79. The number of carboxylic acid groups (broad SMARTS) is 1. The topological polar surface area (TPSA) is 116 Å². The molecule has 8 nitrogen and oxygen atoms in total. The monoisotopic (exact) mass is 540 g/mol. The predicted octanol–water partition coefficient (Wildman–Crippen LogP) is 4.44. The molecule has 0 aliphatic heterocycles. The highest BCUT2D eigenvalue weighted by Crippen LogP contribution is 2.40. The molecule has 0 fully saturated rings. The van der Waals surface area contributed by atoms with Gasteiger partial charge in [-0.15, -0.1) is 11.3 Å². The SMILES string of the molecule is CS(=O)(=O)Nc1ccccc1N(CCO)CCOc1ccc2c(CC(=O)O)c(-c3ccccc3)sc2c1. The molecule has 10 heteroatoms. The molecule has 4 rings (SSSR count). The number of benzene rings is 3. The lowest BCUT2D eigenvalue weighted by molar-refractivity contribution is -0.136. The number of hydrogen-bond donors (Lipinski definition) is 3. The number of aliphatic hydroxyl groups is 1. The Bertz CT molecular complexity index is 1490. The fourth-order valence-electron chi connectivity index (χ4n) is 4.15. The minimum absolute atomic E-state index is 0.0680. The van der Waals surface area contributed by atoms with E-state index in [-0.39, 0.29) is 19.6 Å². The molecule has 0 aliphatic carbocycles. The zero-order valence-corrected chi connectivity index (χ0v) is 21.9. The van der Waals surface area contributed by atoms with E-state index >= 15 is 0 Å². The summed E-state index contributed by atoms with van der Waals surface area (Å²) in [4.78, 5) is 14.3. The number of carboxylic acids is 1. The van der Waals surface area contributed by atoms with Crippen LogP contribution >= 0.6 is 11.3 Å². The van der Waals surface area contributed by atoms with Gasteiger partial charge in [0.05, 0.1) is 37.2 Å². The van der Waals surface area contributed by atoms with Crippen LogP contribution in [0.3, 0.4) is 0 Å². The van der Waals surface area contributed by atoms with Crippen LogP contribution in [0.1, 0.15) is 5.56 Å². The number of sulfonamides is 1. The maximum atomic E-state index is 11.8. The van der Waals surface area contributed by atoms with Crippen molar-refractivity contribution in [3.63, 3.8) is 0 Å². The molecule has 0 saturated heterocycles. The summed E-state index contributed by atoms with van der Waals surface area (Å²) in [5, 5.41) is 19.9. The van der Waals surface area contributed by atoms with Gasteiger partial charge in [-0.05, 0) is 46.8 Å². The molecule has 37 heavy (non-hydrogen) atoms. The Morgan fingerprint density at radius 1 is 1.03 bits per heavy atom. The normalized spacial score (nSPS) is 11.4. The molecule has 3 N–H and O–H groups in total. The second kappa shape index (κ2) is 11.6. The molecule has 3 aromatic carbocycles. The van der Waals surface area contributed by atoms with E-state index < -0.39 is 16.0 Å². The Morgan fingerprint density at radius 2 is 1.76 bits per heavy atom. The number of carbonyl (C=O) groups is 1. The first-order chi connectivity index (χ1) is 17.7. The molecular formula is C27H28N2O6S2. The van der Waals surface area contributed by atoms with E-state index in [1.807, 2.05) is 53.4 Å². The van der Waals surface area contributed by atoms with E-state index in [4.69, 9.17) is 4.74 Å². The highest BCUT2D eigenvalue weighted by Gasteiger charge is 2.18. The molecule has 0 bridgehead atoms. The van der Waals surface area contributed by atoms with Crippen LogP contribution in [0.4, 0.5) is 11.4 Å². The molecule has 0 aliphatic rings. The number of fused-ring (bicyclic) bond motifs is 1. The molecule has 194 valence electrons. The van der Waals surface area contributed by atoms with Crippen LogP contribution in [0.25, 0.3) is 20.5 Å². The minimum Gasteiger partial charge on any atom is -0.492 e. The molecule has 0 unspecified atom stereocenters. The number of aliphatic carboxylic acids is 1. The van der Waals surface area contributed by atoms with E-state index in [1.54, 1.807) is 24.3 Å². The summed E-state index contributed by atoms with van der Waals surface area (Å²) in [5.41, 5.74) is 2.83. The molecule has 0 amide bonds. The van der Waals surface area contributed by atoms with Crippen LogP contribution in [0.2, 0.25) is 0 Å². The van der Waals surface area contributed by atoms with Crippen LogP contribution in [0, 0.1) is 0 Å². The van der Waals surface area contributed by atoms with Gasteiger partial charge in [-0.1, -0.05) is 42.5 Å². The van der Waals surface area contributed by atoms with Crippen molar-refractivity contribution < 1.29 is 28.2 Å². The number of nitrogens with one attached hydrogen (secondary N) is 1. The van der Waals surface area contributed by atoms with Gasteiger partial charge in [0.1, 0.15) is 12.4 Å². The van der Waals surface area contributed by atoms with Gasteiger partial charge in [0.2, 0.25) is 10.0 Å². The van der Waals surface area contributed by atoms with E-state index in [0.29, 0.717) is 30.2 Å². The Labute approximate surface area is 219 Å². The summed E-state index contributed by atoms with van der Waals surface area (Å²) in [6.07, 6.45) is 1.02. The Kier molecular flexibility index (Phi) is 8.32. The number of thiophene rings is 1. The van der Waals surface area contributed by atoms with Crippen molar-refractivity contribution in [1.29, 1.82) is 0 Å². The number of anilines is 2. The average molecular weight is 541 g/mol. The first-order valence-electron chi connectivity index (χ1n) is 11.6. The highest BCUT2D eigenvalue weighted by atomic mass is 32.2. The van der Waals surface area contributed by atoms with Gasteiger partial charge in [0, 0.05) is 16.1 Å². The molecule has 0 saturated carbocycles. The smallest absolute Gasteiger partial charge is 0.307 e. The van der Waals surface area contributed by atoms with E-state index in [1.165, 1.54) is 11.3 Å². The molecule has 4 aromatic rings. The third-order valence-electron chi connectivity index (χ3n) is 5.67. The van der Waals surface area contributed by atoms with E-state index in [2.05, 4.69) is 4.72 Å². The summed E-state index contributed by atoms with van der Waals surface area (Å²) in [6, 6.07) is 22.4. The third-order valence-corrected chi connectivity index (χ3v) is 7.50. The Hall–Kier alpha value is -3.60. The summed E-state index contributed by atoms with van der Waals surface area (Å²) >= 11 is 1.53. The van der Waals surface area contributed by atoms with E-state index in [0.717, 1.165) is 32.3 Å². The summed E-state index contributed by atoms with van der Waals surface area (Å²) < 4.78 is 33.0. The quantitative estimate of drug-likeness (QED) is 0.243. The fourth-order valence-corrected chi connectivity index (χ4v) is 5.98. The molecule has 0 atom stereocenters. The van der Waals surface area contributed by atoms with Crippen molar-refractivity contribution in [2.45, 2.75) is 6.42 Å². The molecule has 0 radical (unpaired) electrons. The van der Waals surface area contributed by atoms with Gasteiger partial charge >= 0.3 is 5.97 Å². The number of rotatable bonds is 12. The molecule has 1 heterocycles. The van der Waals surface area contributed by atoms with Crippen molar-refractivity contribution in [3.8, 4) is 16.2 Å². The predicted molar refractivity (Wildman–Crippen MR) is 148 cm³/mol. The standard InChI is InChI=1S/C27H28N2O6S2/c1-37(33,34)28-23-9-5-6-10-24(23)29(13-15-30)14-16-35-20-11-12-21-22(18-26(31)32)27(36-25(21)17-20)19-7-3-2-4-8-19/h2-12,17,28,30H,13-16,18H2,1H3,(H,31,32). The van der Waals surface area contributed by atoms with Crippen LogP contribution in [0.5, 0.6) is 5.75 Å². The summed E-state index contributed by atoms with van der Waals surface area (Å²) in [6.45, 7) is 0.889. The van der Waals surface area contributed by atoms with Crippen molar-refractivity contribution in [2.75, 3.05) is 42.2 Å². The number of ether oxygens (including phenoxy) is 1. The maximum absolute atomic E-state index is 11.8. The second-order valence-corrected chi connectivity index (χ2v) is 11.3. The zero-order chi connectivity index (χ0) is 26.4. The number of hydrogen-bond acceptors (Lipinski definition) is 7. The highest BCUT2D eigenvalue weighted by molar-refractivity contribution is 7.92. The largest absolute Gasteiger partial charge is 0.492 e.